The number of benzene rings is 2. The molecular formula is C22H22N2O5S. The van der Waals surface area contributed by atoms with E-state index in [0.29, 0.717) is 42.4 Å². The number of furan rings is 1. The van der Waals surface area contributed by atoms with Crippen molar-refractivity contribution in [3.63, 3.8) is 0 Å². The first kappa shape index (κ1) is 20.2. The second kappa shape index (κ2) is 9.13. The Morgan fingerprint density at radius 1 is 1.07 bits per heavy atom. The van der Waals surface area contributed by atoms with Gasteiger partial charge in [-0.05, 0) is 42.7 Å². The van der Waals surface area contributed by atoms with Gasteiger partial charge in [0.15, 0.2) is 17.3 Å². The summed E-state index contributed by atoms with van der Waals surface area (Å²) in [6, 6.07) is 13.6. The van der Waals surface area contributed by atoms with E-state index in [0.717, 1.165) is 11.1 Å². The number of amides is 2. The largest absolute Gasteiger partial charge is 0.486 e. The number of ether oxygens (including phenoxy) is 2. The van der Waals surface area contributed by atoms with Gasteiger partial charge in [0.1, 0.15) is 24.8 Å². The number of carbonyl (C=O) groups is 2. The first-order valence-electron chi connectivity index (χ1n) is 9.63. The second-order valence-electron chi connectivity index (χ2n) is 6.80. The minimum absolute atomic E-state index is 0.178. The van der Waals surface area contributed by atoms with Gasteiger partial charge in [-0.25, -0.2) is 0 Å². The molecule has 1 aromatic heterocycles. The third-order valence-electron chi connectivity index (χ3n) is 4.69. The Morgan fingerprint density at radius 2 is 1.87 bits per heavy atom. The van der Waals surface area contributed by atoms with Gasteiger partial charge < -0.3 is 24.5 Å². The summed E-state index contributed by atoms with van der Waals surface area (Å²) in [6.45, 7) is 0.970. The van der Waals surface area contributed by atoms with Crippen LogP contribution in [0.1, 0.15) is 17.0 Å². The number of nitrogens with one attached hydrogen (secondary N) is 2. The molecule has 2 N–H and O–H groups in total. The summed E-state index contributed by atoms with van der Waals surface area (Å²) in [6.07, 6.45) is 2.44. The lowest BCUT2D eigenvalue weighted by molar-refractivity contribution is -0.118. The van der Waals surface area contributed by atoms with Crippen LogP contribution in [0, 0.1) is 0 Å². The van der Waals surface area contributed by atoms with E-state index in [9.17, 15) is 9.59 Å². The van der Waals surface area contributed by atoms with E-state index in [1.54, 1.807) is 42.1 Å². The lowest BCUT2D eigenvalue weighted by atomic mass is 10.2. The maximum absolute atomic E-state index is 12.9. The van der Waals surface area contributed by atoms with Crippen LogP contribution in [0.3, 0.4) is 0 Å². The second-order valence-corrected chi connectivity index (χ2v) is 7.79. The molecule has 2 amide bonds. The summed E-state index contributed by atoms with van der Waals surface area (Å²) in [5, 5.41) is 6.49. The van der Waals surface area contributed by atoms with Crippen molar-refractivity contribution in [2.45, 2.75) is 12.5 Å². The smallest absolute Gasteiger partial charge is 0.287 e. The van der Waals surface area contributed by atoms with Gasteiger partial charge in [0, 0.05) is 17.1 Å². The van der Waals surface area contributed by atoms with Crippen LogP contribution in [-0.2, 0) is 4.79 Å². The van der Waals surface area contributed by atoms with Gasteiger partial charge in [-0.1, -0.05) is 18.2 Å². The van der Waals surface area contributed by atoms with E-state index in [2.05, 4.69) is 10.6 Å². The Hall–Kier alpha value is -3.13. The zero-order chi connectivity index (χ0) is 20.9. The van der Waals surface area contributed by atoms with Crippen LogP contribution in [0.25, 0.3) is 11.0 Å². The molecule has 3 aromatic rings. The summed E-state index contributed by atoms with van der Waals surface area (Å²) in [5.74, 6) is 1.42. The highest BCUT2D eigenvalue weighted by atomic mass is 32.2. The molecule has 0 bridgehead atoms. The van der Waals surface area contributed by atoms with Gasteiger partial charge in [0.25, 0.3) is 5.91 Å². The first-order chi connectivity index (χ1) is 14.6. The van der Waals surface area contributed by atoms with Crippen LogP contribution in [0.5, 0.6) is 11.5 Å². The standard InChI is InChI=1S/C22H22N2O5S/c1-30-11-8-16(24-22(26)20-12-14-4-2-3-5-17(14)29-20)21(25)23-15-6-7-18-19(13-15)28-10-9-27-18/h2-7,12-13,16H,8-11H2,1H3,(H,23,25)(H,24,26). The van der Waals surface area contributed by atoms with E-state index in [4.69, 9.17) is 13.9 Å². The molecule has 0 fully saturated rings. The zero-order valence-corrected chi connectivity index (χ0v) is 17.3. The fraction of sp³-hybridized carbons (Fsp3) is 0.273. The Kier molecular flexibility index (Phi) is 6.13. The fourth-order valence-corrected chi connectivity index (χ4v) is 3.65. The van der Waals surface area contributed by atoms with Crippen LogP contribution >= 0.6 is 11.8 Å². The van der Waals surface area contributed by atoms with E-state index < -0.39 is 11.9 Å². The molecule has 1 atom stereocenters. The summed E-state index contributed by atoms with van der Waals surface area (Å²) in [7, 11) is 0. The highest BCUT2D eigenvalue weighted by Gasteiger charge is 2.24. The van der Waals surface area contributed by atoms with Crippen LogP contribution in [0.15, 0.2) is 52.9 Å². The molecule has 0 saturated carbocycles. The van der Waals surface area contributed by atoms with Crippen LogP contribution in [-0.4, -0.2) is 43.1 Å². The Labute approximate surface area is 178 Å². The fourth-order valence-electron chi connectivity index (χ4n) is 3.18. The highest BCUT2D eigenvalue weighted by molar-refractivity contribution is 7.98. The summed E-state index contributed by atoms with van der Waals surface area (Å²) in [4.78, 5) is 25.6. The first-order valence-corrected chi connectivity index (χ1v) is 11.0. The molecule has 2 heterocycles. The maximum atomic E-state index is 12.9. The van der Waals surface area contributed by atoms with E-state index in [-0.39, 0.29) is 11.7 Å². The molecule has 4 rings (SSSR count). The number of thioether (sulfide) groups is 1. The Bertz CT molecular complexity index is 1030. The van der Waals surface area contributed by atoms with Gasteiger partial charge in [0.05, 0.1) is 0 Å². The van der Waals surface area contributed by atoms with Gasteiger partial charge in [-0.2, -0.15) is 11.8 Å². The van der Waals surface area contributed by atoms with Gasteiger partial charge >= 0.3 is 0 Å². The van der Waals surface area contributed by atoms with Crippen molar-refractivity contribution in [3.8, 4) is 11.5 Å². The molecule has 0 spiro atoms. The monoisotopic (exact) mass is 426 g/mol. The van der Waals surface area contributed by atoms with Crippen LogP contribution in [0.2, 0.25) is 0 Å². The number of hydrogen-bond acceptors (Lipinski definition) is 6. The van der Waals surface area contributed by atoms with Gasteiger partial charge in [-0.3, -0.25) is 9.59 Å². The highest BCUT2D eigenvalue weighted by Crippen LogP contribution is 2.32. The average Bonchev–Trinajstić information content (AvgIpc) is 3.21. The predicted molar refractivity (Wildman–Crippen MR) is 117 cm³/mol. The number of fused-ring (bicyclic) bond motifs is 2. The van der Waals surface area contributed by atoms with E-state index >= 15 is 0 Å². The van der Waals surface area contributed by atoms with Crippen molar-refractivity contribution in [1.82, 2.24) is 5.32 Å². The number of rotatable bonds is 7. The number of carbonyl (C=O) groups excluding carboxylic acids is 2. The molecular weight excluding hydrogens is 404 g/mol. The van der Waals surface area contributed by atoms with Crippen molar-refractivity contribution < 1.29 is 23.5 Å². The molecule has 0 saturated heterocycles. The van der Waals surface area contributed by atoms with Gasteiger partial charge in [-0.15, -0.1) is 0 Å². The third-order valence-corrected chi connectivity index (χ3v) is 5.34. The van der Waals surface area contributed by atoms with E-state index in [1.165, 1.54) is 0 Å². The minimum atomic E-state index is -0.702. The molecule has 0 aliphatic carbocycles. The normalized spacial score (nSPS) is 13.6. The quantitative estimate of drug-likeness (QED) is 0.599. The van der Waals surface area contributed by atoms with Crippen molar-refractivity contribution in [1.29, 1.82) is 0 Å². The summed E-state index contributed by atoms with van der Waals surface area (Å²) >= 11 is 1.61. The van der Waals surface area contributed by atoms with E-state index in [1.807, 2.05) is 24.5 Å². The van der Waals surface area contributed by atoms with Crippen molar-refractivity contribution >= 4 is 40.2 Å². The average molecular weight is 426 g/mol. The third kappa shape index (κ3) is 4.54. The lowest BCUT2D eigenvalue weighted by Gasteiger charge is -2.20. The number of para-hydroxylation sites is 1. The molecule has 8 heteroatoms. The number of hydrogen-bond donors (Lipinski definition) is 2. The van der Waals surface area contributed by atoms with Crippen molar-refractivity contribution in [2.24, 2.45) is 0 Å². The Morgan fingerprint density at radius 3 is 2.67 bits per heavy atom. The molecule has 2 aromatic carbocycles. The van der Waals surface area contributed by atoms with Crippen LogP contribution < -0.4 is 20.1 Å². The maximum Gasteiger partial charge on any atom is 0.287 e. The molecule has 1 aliphatic rings. The number of anilines is 1. The molecule has 156 valence electrons. The van der Waals surface area contributed by atoms with Crippen molar-refractivity contribution in [3.05, 3.63) is 54.3 Å². The molecule has 1 unspecified atom stereocenters. The molecule has 30 heavy (non-hydrogen) atoms. The predicted octanol–water partition coefficient (Wildman–Crippen LogP) is 3.69. The zero-order valence-electron chi connectivity index (χ0n) is 16.5. The summed E-state index contributed by atoms with van der Waals surface area (Å²) < 4.78 is 16.7. The topological polar surface area (TPSA) is 89.8 Å². The molecule has 0 radical (unpaired) electrons. The lowest BCUT2D eigenvalue weighted by Crippen LogP contribution is -2.44. The van der Waals surface area contributed by atoms with Crippen LogP contribution in [0.4, 0.5) is 5.69 Å². The summed E-state index contributed by atoms with van der Waals surface area (Å²) in [5.41, 5.74) is 1.21. The SMILES string of the molecule is CSCCC(NC(=O)c1cc2ccccc2o1)C(=O)Nc1ccc2c(c1)OCCO2. The van der Waals surface area contributed by atoms with Crippen molar-refractivity contribution in [2.75, 3.05) is 30.5 Å². The Balaban J connectivity index is 1.47. The van der Waals surface area contributed by atoms with Gasteiger partial charge in [0.2, 0.25) is 5.91 Å². The minimum Gasteiger partial charge on any atom is -0.486 e. The molecule has 7 nitrogen and oxygen atoms in total. The molecule has 1 aliphatic heterocycles.